The number of aliphatic hydroxyl groups excluding tert-OH is 1. The van der Waals surface area contributed by atoms with Crippen molar-refractivity contribution in [2.24, 2.45) is 0 Å². The Bertz CT molecular complexity index is 250. The van der Waals surface area contributed by atoms with Crippen molar-refractivity contribution < 1.29 is 5.11 Å². The van der Waals surface area contributed by atoms with Crippen molar-refractivity contribution in [1.29, 1.82) is 0 Å². The molecule has 2 N–H and O–H groups in total. The average molecular weight is 277 g/mol. The normalized spacial score (nSPS) is 12.6. The van der Waals surface area contributed by atoms with Crippen molar-refractivity contribution in [2.75, 3.05) is 11.9 Å². The van der Waals surface area contributed by atoms with Crippen LogP contribution >= 0.6 is 22.6 Å². The van der Waals surface area contributed by atoms with Crippen LogP contribution < -0.4 is 5.32 Å². The Kier molecular flexibility index (Phi) is 3.81. The van der Waals surface area contributed by atoms with Gasteiger partial charge in [-0.3, -0.25) is 0 Å². The van der Waals surface area contributed by atoms with Crippen molar-refractivity contribution in [3.05, 3.63) is 27.8 Å². The third-order valence-corrected chi connectivity index (χ3v) is 2.40. The topological polar surface area (TPSA) is 32.3 Å². The molecule has 0 aliphatic carbocycles. The predicted molar refractivity (Wildman–Crippen MR) is 59.3 cm³/mol. The van der Waals surface area contributed by atoms with Crippen molar-refractivity contribution in [2.45, 2.75) is 13.0 Å². The highest BCUT2D eigenvalue weighted by molar-refractivity contribution is 14.1. The summed E-state index contributed by atoms with van der Waals surface area (Å²) in [5, 5.41) is 12.2. The Morgan fingerprint density at radius 3 is 2.75 bits per heavy atom. The Labute approximate surface area is 86.1 Å². The molecule has 3 heteroatoms. The largest absolute Gasteiger partial charge is 0.392 e. The predicted octanol–water partition coefficient (Wildman–Crippen LogP) is 2.08. The maximum atomic E-state index is 9.04. The molecule has 0 bridgehead atoms. The van der Waals surface area contributed by atoms with Crippen molar-refractivity contribution >= 4 is 28.3 Å². The Morgan fingerprint density at radius 1 is 1.50 bits per heavy atom. The molecule has 0 aliphatic rings. The molecule has 0 unspecified atom stereocenters. The van der Waals surface area contributed by atoms with Crippen LogP contribution in [0, 0.1) is 3.57 Å². The lowest BCUT2D eigenvalue weighted by Crippen LogP contribution is -2.15. The molecule has 0 aromatic heterocycles. The van der Waals surface area contributed by atoms with E-state index < -0.39 is 0 Å². The summed E-state index contributed by atoms with van der Waals surface area (Å²) in [7, 11) is 0. The molecule has 0 saturated carbocycles. The monoisotopic (exact) mass is 277 g/mol. The van der Waals surface area contributed by atoms with Crippen LogP contribution in [0.5, 0.6) is 0 Å². The average Bonchev–Trinajstić information content (AvgIpc) is 2.03. The van der Waals surface area contributed by atoms with Gasteiger partial charge in [-0.05, 0) is 41.6 Å². The van der Waals surface area contributed by atoms with E-state index in [2.05, 4.69) is 27.9 Å². The van der Waals surface area contributed by atoms with Gasteiger partial charge in [-0.25, -0.2) is 0 Å². The van der Waals surface area contributed by atoms with Crippen LogP contribution in [0.1, 0.15) is 6.92 Å². The molecule has 0 fully saturated rings. The van der Waals surface area contributed by atoms with Gasteiger partial charge in [-0.1, -0.05) is 12.1 Å². The first kappa shape index (κ1) is 9.80. The Morgan fingerprint density at radius 2 is 2.17 bits per heavy atom. The maximum Gasteiger partial charge on any atom is 0.0684 e. The Balaban J connectivity index is 2.57. The summed E-state index contributed by atoms with van der Waals surface area (Å²) in [6.45, 7) is 2.36. The van der Waals surface area contributed by atoms with Crippen LogP contribution in [0.3, 0.4) is 0 Å². The molecule has 0 spiro atoms. The molecule has 1 aromatic carbocycles. The summed E-state index contributed by atoms with van der Waals surface area (Å²) in [6.07, 6.45) is -0.305. The number of anilines is 1. The SMILES string of the molecule is C[C@@H](O)CNc1ccccc1I. The van der Waals surface area contributed by atoms with Gasteiger partial charge < -0.3 is 10.4 Å². The van der Waals surface area contributed by atoms with Crippen LogP contribution in [0.4, 0.5) is 5.69 Å². The van der Waals surface area contributed by atoms with Crippen LogP contribution in [0.25, 0.3) is 0 Å². The Hall–Kier alpha value is -0.290. The number of para-hydroxylation sites is 1. The van der Waals surface area contributed by atoms with Crippen LogP contribution in [0.2, 0.25) is 0 Å². The highest BCUT2D eigenvalue weighted by Crippen LogP contribution is 2.16. The minimum atomic E-state index is -0.305. The lowest BCUT2D eigenvalue weighted by atomic mass is 10.3. The van der Waals surface area contributed by atoms with Crippen molar-refractivity contribution in [3.63, 3.8) is 0 Å². The number of benzene rings is 1. The van der Waals surface area contributed by atoms with Gasteiger partial charge in [0.15, 0.2) is 0 Å². The summed E-state index contributed by atoms with van der Waals surface area (Å²) in [6, 6.07) is 8.01. The molecule has 0 amide bonds. The molecule has 66 valence electrons. The first-order chi connectivity index (χ1) is 5.70. The van der Waals surface area contributed by atoms with Gasteiger partial charge in [-0.2, -0.15) is 0 Å². The van der Waals surface area contributed by atoms with E-state index >= 15 is 0 Å². The van der Waals surface area contributed by atoms with Crippen LogP contribution in [-0.2, 0) is 0 Å². The molecule has 0 heterocycles. The van der Waals surface area contributed by atoms with Gasteiger partial charge in [0, 0.05) is 15.8 Å². The van der Waals surface area contributed by atoms with E-state index in [1.165, 1.54) is 3.57 Å². The minimum absolute atomic E-state index is 0.305. The number of halogens is 1. The molecular formula is C9H12INO. The summed E-state index contributed by atoms with van der Waals surface area (Å²) in [5.41, 5.74) is 1.08. The third-order valence-electron chi connectivity index (χ3n) is 1.46. The highest BCUT2D eigenvalue weighted by atomic mass is 127. The van der Waals surface area contributed by atoms with Gasteiger partial charge in [0.1, 0.15) is 0 Å². The molecule has 0 radical (unpaired) electrons. The summed E-state index contributed by atoms with van der Waals surface area (Å²) < 4.78 is 1.18. The van der Waals surface area contributed by atoms with Gasteiger partial charge in [0.2, 0.25) is 0 Å². The number of rotatable bonds is 3. The standard InChI is InChI=1S/C9H12INO/c1-7(12)6-11-9-5-3-2-4-8(9)10/h2-5,7,11-12H,6H2,1H3/t7-/m1/s1. The van der Waals surface area contributed by atoms with Gasteiger partial charge in [0.05, 0.1) is 6.10 Å². The molecular weight excluding hydrogens is 265 g/mol. The van der Waals surface area contributed by atoms with Crippen molar-refractivity contribution in [3.8, 4) is 0 Å². The zero-order chi connectivity index (χ0) is 8.97. The minimum Gasteiger partial charge on any atom is -0.392 e. The zero-order valence-corrected chi connectivity index (χ0v) is 9.08. The van der Waals surface area contributed by atoms with E-state index in [0.717, 1.165) is 5.69 Å². The summed E-state index contributed by atoms with van der Waals surface area (Å²) in [4.78, 5) is 0. The van der Waals surface area contributed by atoms with E-state index in [4.69, 9.17) is 5.11 Å². The van der Waals surface area contributed by atoms with E-state index in [-0.39, 0.29) is 6.10 Å². The number of hydrogen-bond donors (Lipinski definition) is 2. The first-order valence-corrected chi connectivity index (χ1v) is 4.94. The zero-order valence-electron chi connectivity index (χ0n) is 6.92. The maximum absolute atomic E-state index is 9.04. The summed E-state index contributed by atoms with van der Waals surface area (Å²) >= 11 is 2.26. The third kappa shape index (κ3) is 2.98. The first-order valence-electron chi connectivity index (χ1n) is 3.86. The van der Waals surface area contributed by atoms with E-state index in [0.29, 0.717) is 6.54 Å². The molecule has 1 atom stereocenters. The fourth-order valence-electron chi connectivity index (χ4n) is 0.862. The molecule has 0 aliphatic heterocycles. The second kappa shape index (κ2) is 4.67. The van der Waals surface area contributed by atoms with Gasteiger partial charge >= 0.3 is 0 Å². The lowest BCUT2D eigenvalue weighted by Gasteiger charge is -2.09. The van der Waals surface area contributed by atoms with E-state index in [1.54, 1.807) is 6.92 Å². The number of hydrogen-bond acceptors (Lipinski definition) is 2. The van der Waals surface area contributed by atoms with Gasteiger partial charge in [0.25, 0.3) is 0 Å². The summed E-state index contributed by atoms with van der Waals surface area (Å²) in [5.74, 6) is 0. The second-order valence-electron chi connectivity index (χ2n) is 2.71. The highest BCUT2D eigenvalue weighted by Gasteiger charge is 1.98. The molecule has 1 aromatic rings. The molecule has 1 rings (SSSR count). The smallest absolute Gasteiger partial charge is 0.0684 e. The van der Waals surface area contributed by atoms with Gasteiger partial charge in [-0.15, -0.1) is 0 Å². The lowest BCUT2D eigenvalue weighted by molar-refractivity contribution is 0.208. The van der Waals surface area contributed by atoms with E-state index in [1.807, 2.05) is 24.3 Å². The van der Waals surface area contributed by atoms with E-state index in [9.17, 15) is 0 Å². The van der Waals surface area contributed by atoms with Crippen LogP contribution in [0.15, 0.2) is 24.3 Å². The fraction of sp³-hybridized carbons (Fsp3) is 0.333. The van der Waals surface area contributed by atoms with Crippen LogP contribution in [-0.4, -0.2) is 17.8 Å². The quantitative estimate of drug-likeness (QED) is 0.829. The number of aliphatic hydroxyl groups is 1. The molecule has 2 nitrogen and oxygen atoms in total. The van der Waals surface area contributed by atoms with Crippen molar-refractivity contribution in [1.82, 2.24) is 0 Å². The second-order valence-corrected chi connectivity index (χ2v) is 3.87. The fourth-order valence-corrected chi connectivity index (χ4v) is 1.44. The molecule has 0 saturated heterocycles. The number of nitrogens with one attached hydrogen (secondary N) is 1. The molecule has 12 heavy (non-hydrogen) atoms.